The summed E-state index contributed by atoms with van der Waals surface area (Å²) in [7, 11) is 0. The highest BCUT2D eigenvalue weighted by Crippen LogP contribution is 2.24. The maximum Gasteiger partial charge on any atom is 0.224 e. The third-order valence-electron chi connectivity index (χ3n) is 4.10. The van der Waals surface area contributed by atoms with Gasteiger partial charge in [-0.05, 0) is 43.2 Å². The summed E-state index contributed by atoms with van der Waals surface area (Å²) in [5.41, 5.74) is 3.65. The lowest BCUT2D eigenvalue weighted by Gasteiger charge is -2.14. The summed E-state index contributed by atoms with van der Waals surface area (Å²) in [6.07, 6.45) is 0.229. The Hall–Kier alpha value is -2.62. The molecular formula is C19H19FN2O. The highest BCUT2D eigenvalue weighted by atomic mass is 19.1. The number of halogens is 1. The van der Waals surface area contributed by atoms with Gasteiger partial charge in [-0.2, -0.15) is 0 Å². The molecule has 0 fully saturated rings. The van der Waals surface area contributed by atoms with Crippen LogP contribution in [0, 0.1) is 12.7 Å². The third-order valence-corrected chi connectivity index (χ3v) is 4.10. The van der Waals surface area contributed by atoms with Crippen molar-refractivity contribution in [2.45, 2.75) is 26.3 Å². The molecule has 0 aliphatic rings. The Morgan fingerprint density at radius 1 is 1.22 bits per heavy atom. The zero-order valence-corrected chi connectivity index (χ0v) is 13.2. The fourth-order valence-corrected chi connectivity index (χ4v) is 2.86. The average Bonchev–Trinajstić information content (AvgIpc) is 2.84. The van der Waals surface area contributed by atoms with Crippen LogP contribution in [0.5, 0.6) is 0 Å². The van der Waals surface area contributed by atoms with E-state index in [1.807, 2.05) is 44.2 Å². The van der Waals surface area contributed by atoms with E-state index in [1.165, 1.54) is 12.1 Å². The molecule has 0 aliphatic heterocycles. The van der Waals surface area contributed by atoms with Crippen LogP contribution in [-0.4, -0.2) is 10.9 Å². The van der Waals surface area contributed by atoms with Crippen LogP contribution in [0.3, 0.4) is 0 Å². The largest absolute Gasteiger partial charge is 0.358 e. The number of fused-ring (bicyclic) bond motifs is 1. The van der Waals surface area contributed by atoms with Crippen molar-refractivity contribution in [2.75, 3.05) is 0 Å². The van der Waals surface area contributed by atoms with Crippen LogP contribution >= 0.6 is 0 Å². The van der Waals surface area contributed by atoms with E-state index in [9.17, 15) is 9.18 Å². The van der Waals surface area contributed by atoms with Crippen LogP contribution in [0.1, 0.15) is 29.8 Å². The van der Waals surface area contributed by atoms with Crippen molar-refractivity contribution in [1.82, 2.24) is 10.3 Å². The van der Waals surface area contributed by atoms with Crippen molar-refractivity contribution in [3.05, 3.63) is 71.2 Å². The lowest BCUT2D eigenvalue weighted by atomic mass is 10.1. The maximum atomic E-state index is 13.5. The van der Waals surface area contributed by atoms with Gasteiger partial charge in [0.25, 0.3) is 0 Å². The normalized spacial score (nSPS) is 12.3. The standard InChI is InChI=1S/C19H19FN2O/c1-12(14-6-4-3-5-7-14)22-19(23)11-16-13(2)21-18-9-8-15(20)10-17(16)18/h3-10,12,21H,11H2,1-2H3,(H,22,23)/t12-/m1/s1. The number of benzene rings is 2. The first kappa shape index (κ1) is 15.3. The first-order valence-corrected chi connectivity index (χ1v) is 7.65. The molecule has 1 atom stereocenters. The monoisotopic (exact) mass is 310 g/mol. The summed E-state index contributed by atoms with van der Waals surface area (Å²) in [4.78, 5) is 15.6. The molecule has 1 heterocycles. The molecule has 2 N–H and O–H groups in total. The highest BCUT2D eigenvalue weighted by molar-refractivity contribution is 5.90. The number of aromatic nitrogens is 1. The summed E-state index contributed by atoms with van der Waals surface area (Å²) in [6, 6.07) is 14.3. The topological polar surface area (TPSA) is 44.9 Å². The molecule has 0 saturated heterocycles. The van der Waals surface area contributed by atoms with Gasteiger partial charge in [-0.1, -0.05) is 30.3 Å². The van der Waals surface area contributed by atoms with Crippen molar-refractivity contribution >= 4 is 16.8 Å². The first-order chi connectivity index (χ1) is 11.0. The van der Waals surface area contributed by atoms with Gasteiger partial charge in [0, 0.05) is 16.6 Å². The Morgan fingerprint density at radius 3 is 2.70 bits per heavy atom. The minimum atomic E-state index is -0.296. The molecule has 1 aromatic heterocycles. The van der Waals surface area contributed by atoms with Gasteiger partial charge in [0.1, 0.15) is 5.82 Å². The molecular weight excluding hydrogens is 291 g/mol. The number of carbonyl (C=O) groups is 1. The molecule has 0 spiro atoms. The smallest absolute Gasteiger partial charge is 0.224 e. The molecule has 0 radical (unpaired) electrons. The van der Waals surface area contributed by atoms with Crippen molar-refractivity contribution < 1.29 is 9.18 Å². The van der Waals surface area contributed by atoms with Crippen molar-refractivity contribution in [3.8, 4) is 0 Å². The summed E-state index contributed by atoms with van der Waals surface area (Å²) in [5.74, 6) is -0.370. The van der Waals surface area contributed by atoms with Crippen LogP contribution in [0.4, 0.5) is 4.39 Å². The Labute approximate surface area is 134 Å². The molecule has 3 rings (SSSR count). The Kier molecular flexibility index (Phi) is 4.15. The van der Waals surface area contributed by atoms with Crippen LogP contribution < -0.4 is 5.32 Å². The quantitative estimate of drug-likeness (QED) is 0.750. The first-order valence-electron chi connectivity index (χ1n) is 7.65. The number of hydrogen-bond acceptors (Lipinski definition) is 1. The fraction of sp³-hybridized carbons (Fsp3) is 0.211. The number of carbonyl (C=O) groups excluding carboxylic acids is 1. The number of aryl methyl sites for hydroxylation is 1. The molecule has 1 amide bonds. The zero-order valence-electron chi connectivity index (χ0n) is 13.2. The molecule has 23 heavy (non-hydrogen) atoms. The molecule has 0 saturated carbocycles. The van der Waals surface area contributed by atoms with E-state index in [4.69, 9.17) is 0 Å². The fourth-order valence-electron chi connectivity index (χ4n) is 2.86. The molecule has 2 aromatic carbocycles. The Morgan fingerprint density at radius 2 is 1.96 bits per heavy atom. The lowest BCUT2D eigenvalue weighted by molar-refractivity contribution is -0.121. The van der Waals surface area contributed by atoms with E-state index in [0.29, 0.717) is 0 Å². The third kappa shape index (κ3) is 3.26. The van der Waals surface area contributed by atoms with Crippen molar-refractivity contribution in [2.24, 2.45) is 0 Å². The number of nitrogens with one attached hydrogen (secondary N) is 2. The molecule has 4 heteroatoms. The van der Waals surface area contributed by atoms with E-state index in [2.05, 4.69) is 10.3 Å². The van der Waals surface area contributed by atoms with E-state index < -0.39 is 0 Å². The zero-order chi connectivity index (χ0) is 16.4. The second-order valence-corrected chi connectivity index (χ2v) is 5.80. The average molecular weight is 310 g/mol. The number of amides is 1. The minimum absolute atomic E-state index is 0.0639. The number of hydrogen-bond donors (Lipinski definition) is 2. The summed E-state index contributed by atoms with van der Waals surface area (Å²) < 4.78 is 13.5. The van der Waals surface area contributed by atoms with Gasteiger partial charge in [0.15, 0.2) is 0 Å². The van der Waals surface area contributed by atoms with E-state index in [0.717, 1.165) is 27.7 Å². The molecule has 3 nitrogen and oxygen atoms in total. The van der Waals surface area contributed by atoms with E-state index in [-0.39, 0.29) is 24.2 Å². The highest BCUT2D eigenvalue weighted by Gasteiger charge is 2.15. The van der Waals surface area contributed by atoms with Gasteiger partial charge in [-0.3, -0.25) is 4.79 Å². The summed E-state index contributed by atoms with van der Waals surface area (Å²) >= 11 is 0. The summed E-state index contributed by atoms with van der Waals surface area (Å²) in [6.45, 7) is 3.86. The number of aromatic amines is 1. The molecule has 0 unspecified atom stereocenters. The molecule has 0 bridgehead atoms. The van der Waals surface area contributed by atoms with Crippen LogP contribution in [0.2, 0.25) is 0 Å². The van der Waals surface area contributed by atoms with Crippen molar-refractivity contribution in [3.63, 3.8) is 0 Å². The van der Waals surface area contributed by atoms with Gasteiger partial charge >= 0.3 is 0 Å². The SMILES string of the molecule is Cc1[nH]c2ccc(F)cc2c1CC(=O)N[C@H](C)c1ccccc1. The van der Waals surface area contributed by atoms with Gasteiger partial charge in [0.2, 0.25) is 5.91 Å². The van der Waals surface area contributed by atoms with Crippen LogP contribution in [0.15, 0.2) is 48.5 Å². The van der Waals surface area contributed by atoms with Gasteiger partial charge in [-0.25, -0.2) is 4.39 Å². The minimum Gasteiger partial charge on any atom is -0.358 e. The van der Waals surface area contributed by atoms with Crippen LogP contribution in [-0.2, 0) is 11.2 Å². The van der Waals surface area contributed by atoms with E-state index >= 15 is 0 Å². The van der Waals surface area contributed by atoms with Crippen molar-refractivity contribution in [1.29, 1.82) is 0 Å². The van der Waals surface area contributed by atoms with E-state index in [1.54, 1.807) is 6.07 Å². The Bertz CT molecular complexity index is 839. The Balaban J connectivity index is 1.78. The van der Waals surface area contributed by atoms with Gasteiger partial charge in [0.05, 0.1) is 12.5 Å². The van der Waals surface area contributed by atoms with Gasteiger partial charge in [-0.15, -0.1) is 0 Å². The number of rotatable bonds is 4. The molecule has 0 aliphatic carbocycles. The molecule has 118 valence electrons. The van der Waals surface area contributed by atoms with Crippen LogP contribution in [0.25, 0.3) is 10.9 Å². The number of H-pyrrole nitrogens is 1. The summed E-state index contributed by atoms with van der Waals surface area (Å²) in [5, 5.41) is 3.76. The van der Waals surface area contributed by atoms with Gasteiger partial charge < -0.3 is 10.3 Å². The predicted octanol–water partition coefficient (Wildman–Crippen LogP) is 4.04. The second kappa shape index (κ2) is 6.24. The second-order valence-electron chi connectivity index (χ2n) is 5.80. The molecule has 3 aromatic rings. The lowest BCUT2D eigenvalue weighted by Crippen LogP contribution is -2.28. The predicted molar refractivity (Wildman–Crippen MR) is 89.7 cm³/mol. The maximum absolute atomic E-state index is 13.5.